The Morgan fingerprint density at radius 2 is 1.64 bits per heavy atom. The van der Waals surface area contributed by atoms with E-state index >= 15 is 0 Å². The van der Waals surface area contributed by atoms with Gasteiger partial charge in [-0.3, -0.25) is 0 Å². The second-order valence-electron chi connectivity index (χ2n) is 5.59. The molecule has 1 N–H and O–H groups in total. The third kappa shape index (κ3) is 2.47. The van der Waals surface area contributed by atoms with Gasteiger partial charge in [-0.05, 0) is 36.6 Å². The van der Waals surface area contributed by atoms with Gasteiger partial charge in [-0.25, -0.2) is 9.97 Å². The van der Waals surface area contributed by atoms with E-state index in [2.05, 4.69) is 9.97 Å². The molecule has 1 aliphatic carbocycles. The SMILES string of the molecule is O[C@@H](c1ncccn1)C1(c2ccc(C(F)(F)F)cc2)CCC1. The summed E-state index contributed by atoms with van der Waals surface area (Å²) in [7, 11) is 0. The summed E-state index contributed by atoms with van der Waals surface area (Å²) in [5, 5.41) is 10.6. The number of hydrogen-bond acceptors (Lipinski definition) is 3. The Balaban J connectivity index is 1.93. The van der Waals surface area contributed by atoms with Crippen molar-refractivity contribution in [1.29, 1.82) is 0 Å². The van der Waals surface area contributed by atoms with E-state index in [1.807, 2.05) is 0 Å². The third-order valence-electron chi connectivity index (χ3n) is 4.39. The van der Waals surface area contributed by atoms with Crippen molar-refractivity contribution in [3.05, 3.63) is 59.7 Å². The van der Waals surface area contributed by atoms with Crippen molar-refractivity contribution in [2.45, 2.75) is 37.0 Å². The standard InChI is InChI=1S/C16H15F3N2O/c17-16(18,19)12-5-3-11(4-6-12)15(7-1-8-15)13(22)14-20-9-2-10-21-14/h2-6,9-10,13,22H,1,7-8H2/t13-/m0/s1. The molecule has 2 aromatic rings. The second kappa shape index (κ2) is 5.35. The average molecular weight is 308 g/mol. The summed E-state index contributed by atoms with van der Waals surface area (Å²) in [6, 6.07) is 6.69. The quantitative estimate of drug-likeness (QED) is 0.941. The number of aromatic nitrogens is 2. The van der Waals surface area contributed by atoms with E-state index in [0.29, 0.717) is 24.2 Å². The number of hydrogen-bond donors (Lipinski definition) is 1. The number of nitrogens with zero attached hydrogens (tertiary/aromatic N) is 2. The van der Waals surface area contributed by atoms with Crippen molar-refractivity contribution >= 4 is 0 Å². The first-order valence-corrected chi connectivity index (χ1v) is 7.06. The molecule has 0 amide bonds. The van der Waals surface area contributed by atoms with Crippen LogP contribution in [0, 0.1) is 0 Å². The maximum atomic E-state index is 12.7. The first-order chi connectivity index (χ1) is 10.4. The van der Waals surface area contributed by atoms with Gasteiger partial charge in [0.2, 0.25) is 0 Å². The van der Waals surface area contributed by atoms with Gasteiger partial charge >= 0.3 is 6.18 Å². The zero-order chi connectivity index (χ0) is 15.8. The second-order valence-corrected chi connectivity index (χ2v) is 5.59. The Kier molecular flexibility index (Phi) is 3.64. The minimum absolute atomic E-state index is 0.307. The molecule has 0 bridgehead atoms. The summed E-state index contributed by atoms with van der Waals surface area (Å²) < 4.78 is 38.0. The van der Waals surface area contributed by atoms with E-state index in [-0.39, 0.29) is 0 Å². The summed E-state index contributed by atoms with van der Waals surface area (Å²) in [5.74, 6) is 0.307. The lowest BCUT2D eigenvalue weighted by atomic mass is 9.61. The van der Waals surface area contributed by atoms with Crippen molar-refractivity contribution in [2.24, 2.45) is 0 Å². The maximum absolute atomic E-state index is 12.7. The van der Waals surface area contributed by atoms with Gasteiger partial charge in [0.25, 0.3) is 0 Å². The molecule has 1 fully saturated rings. The highest BCUT2D eigenvalue weighted by molar-refractivity contribution is 5.34. The molecule has 1 heterocycles. The Bertz CT molecular complexity index is 637. The monoisotopic (exact) mass is 308 g/mol. The highest BCUT2D eigenvalue weighted by Gasteiger charge is 2.47. The van der Waals surface area contributed by atoms with Crippen LogP contribution in [0.3, 0.4) is 0 Å². The predicted molar refractivity (Wildman–Crippen MR) is 74.0 cm³/mol. The Morgan fingerprint density at radius 3 is 2.09 bits per heavy atom. The van der Waals surface area contributed by atoms with Crippen molar-refractivity contribution in [3.63, 3.8) is 0 Å². The molecule has 0 unspecified atom stereocenters. The number of rotatable bonds is 3. The van der Waals surface area contributed by atoms with Crippen LogP contribution in [0.2, 0.25) is 0 Å². The van der Waals surface area contributed by atoms with E-state index in [1.165, 1.54) is 12.1 Å². The third-order valence-corrected chi connectivity index (χ3v) is 4.39. The molecule has 1 atom stereocenters. The molecule has 22 heavy (non-hydrogen) atoms. The van der Waals surface area contributed by atoms with Crippen LogP contribution in [-0.4, -0.2) is 15.1 Å². The normalized spacial score (nSPS) is 18.5. The molecule has 3 nitrogen and oxygen atoms in total. The Labute approximate surface area is 125 Å². The van der Waals surface area contributed by atoms with Crippen molar-refractivity contribution in [3.8, 4) is 0 Å². The minimum atomic E-state index is -4.35. The van der Waals surface area contributed by atoms with Crippen LogP contribution < -0.4 is 0 Å². The zero-order valence-corrected chi connectivity index (χ0v) is 11.7. The molecule has 1 aliphatic rings. The van der Waals surface area contributed by atoms with Crippen LogP contribution in [0.5, 0.6) is 0 Å². The smallest absolute Gasteiger partial charge is 0.384 e. The summed E-state index contributed by atoms with van der Waals surface area (Å²) in [6.07, 6.45) is 0.154. The van der Waals surface area contributed by atoms with E-state index in [4.69, 9.17) is 0 Å². The Morgan fingerprint density at radius 1 is 1.05 bits per heavy atom. The molecule has 1 saturated carbocycles. The molecule has 1 aromatic carbocycles. The van der Waals surface area contributed by atoms with E-state index in [9.17, 15) is 18.3 Å². The zero-order valence-electron chi connectivity index (χ0n) is 11.7. The molecular formula is C16H15F3N2O. The van der Waals surface area contributed by atoms with Gasteiger partial charge < -0.3 is 5.11 Å². The molecular weight excluding hydrogens is 293 g/mol. The number of alkyl halides is 3. The lowest BCUT2D eigenvalue weighted by molar-refractivity contribution is -0.137. The van der Waals surface area contributed by atoms with Gasteiger partial charge in [0.1, 0.15) is 6.10 Å². The fourth-order valence-electron chi connectivity index (χ4n) is 2.97. The lowest BCUT2D eigenvalue weighted by Crippen LogP contribution is -2.41. The molecule has 6 heteroatoms. The number of aliphatic hydroxyl groups is 1. The van der Waals surface area contributed by atoms with Crippen molar-refractivity contribution in [2.75, 3.05) is 0 Å². The molecule has 0 spiro atoms. The highest BCUT2D eigenvalue weighted by Crippen LogP contribution is 2.51. The lowest BCUT2D eigenvalue weighted by Gasteiger charge is -2.45. The molecule has 1 aromatic heterocycles. The van der Waals surface area contributed by atoms with E-state index in [0.717, 1.165) is 18.6 Å². The van der Waals surface area contributed by atoms with Crippen LogP contribution in [0.25, 0.3) is 0 Å². The topological polar surface area (TPSA) is 46.0 Å². The molecule has 116 valence electrons. The number of halogens is 3. The fraction of sp³-hybridized carbons (Fsp3) is 0.375. The summed E-state index contributed by atoms with van der Waals surface area (Å²) >= 11 is 0. The average Bonchev–Trinajstić information content (AvgIpc) is 2.46. The summed E-state index contributed by atoms with van der Waals surface area (Å²) in [4.78, 5) is 8.14. The van der Waals surface area contributed by atoms with Gasteiger partial charge in [0.05, 0.1) is 5.56 Å². The van der Waals surface area contributed by atoms with Crippen LogP contribution in [0.1, 0.15) is 42.3 Å². The van der Waals surface area contributed by atoms with Crippen LogP contribution in [0.4, 0.5) is 13.2 Å². The maximum Gasteiger partial charge on any atom is 0.416 e. The van der Waals surface area contributed by atoms with E-state index < -0.39 is 23.3 Å². The predicted octanol–water partition coefficient (Wildman–Crippen LogP) is 3.65. The van der Waals surface area contributed by atoms with Gasteiger partial charge in [-0.1, -0.05) is 18.6 Å². The largest absolute Gasteiger partial charge is 0.416 e. The van der Waals surface area contributed by atoms with Crippen molar-refractivity contribution < 1.29 is 18.3 Å². The van der Waals surface area contributed by atoms with Crippen LogP contribution in [-0.2, 0) is 11.6 Å². The van der Waals surface area contributed by atoms with Gasteiger partial charge in [-0.2, -0.15) is 13.2 Å². The molecule has 0 aliphatic heterocycles. The van der Waals surface area contributed by atoms with E-state index in [1.54, 1.807) is 18.5 Å². The summed E-state index contributed by atoms with van der Waals surface area (Å²) in [6.45, 7) is 0. The summed E-state index contributed by atoms with van der Waals surface area (Å²) in [5.41, 5.74) is -0.575. The first-order valence-electron chi connectivity index (χ1n) is 7.06. The van der Waals surface area contributed by atoms with Gasteiger partial charge in [0, 0.05) is 17.8 Å². The first kappa shape index (κ1) is 15.0. The molecule has 3 rings (SSSR count). The highest BCUT2D eigenvalue weighted by atomic mass is 19.4. The Hall–Kier alpha value is -1.95. The van der Waals surface area contributed by atoms with Crippen molar-refractivity contribution in [1.82, 2.24) is 9.97 Å². The molecule has 0 radical (unpaired) electrons. The molecule has 0 saturated heterocycles. The van der Waals surface area contributed by atoms with Gasteiger partial charge in [0.15, 0.2) is 5.82 Å². The van der Waals surface area contributed by atoms with Crippen LogP contribution in [0.15, 0.2) is 42.7 Å². The number of aliphatic hydroxyl groups excluding tert-OH is 1. The van der Waals surface area contributed by atoms with Crippen LogP contribution >= 0.6 is 0 Å². The fourth-order valence-corrected chi connectivity index (χ4v) is 2.97. The van der Waals surface area contributed by atoms with Gasteiger partial charge in [-0.15, -0.1) is 0 Å². The number of benzene rings is 1. The minimum Gasteiger partial charge on any atom is -0.384 e.